The van der Waals surface area contributed by atoms with Crippen LogP contribution in [0.25, 0.3) is 0 Å². The Morgan fingerprint density at radius 3 is 1.22 bits per heavy atom. The van der Waals surface area contributed by atoms with Gasteiger partial charge in [0.2, 0.25) is 0 Å². The van der Waals surface area contributed by atoms with Crippen LogP contribution in [0.2, 0.25) is 0 Å². The predicted molar refractivity (Wildman–Crippen MR) is 186 cm³/mol. The lowest BCUT2D eigenvalue weighted by Gasteiger charge is -2.19. The number of rotatable bonds is 12. The molecule has 0 bridgehead atoms. The summed E-state index contributed by atoms with van der Waals surface area (Å²) in [5.41, 5.74) is 5.86. The highest BCUT2D eigenvalue weighted by Crippen LogP contribution is 2.13. The van der Waals surface area contributed by atoms with E-state index in [2.05, 4.69) is 58.7 Å². The Balaban J connectivity index is 0.000000182. The van der Waals surface area contributed by atoms with E-state index >= 15 is 0 Å². The summed E-state index contributed by atoms with van der Waals surface area (Å²) >= 11 is 0. The zero-order valence-electron chi connectivity index (χ0n) is 25.7. The van der Waals surface area contributed by atoms with Gasteiger partial charge in [-0.05, 0) is 64.2 Å². The van der Waals surface area contributed by atoms with Crippen LogP contribution in [0, 0.1) is 0 Å². The number of hydrogen-bond acceptors (Lipinski definition) is 6. The van der Waals surface area contributed by atoms with E-state index < -0.39 is 0 Å². The number of phenolic OH excluding ortho intramolecular Hbond substituents is 1. The molecule has 5 aromatic carbocycles. The van der Waals surface area contributed by atoms with E-state index in [9.17, 15) is 5.11 Å². The first-order chi connectivity index (χ1) is 22.7. The van der Waals surface area contributed by atoms with E-state index in [1.54, 1.807) is 24.6 Å². The molecule has 0 aliphatic rings. The highest BCUT2D eigenvalue weighted by molar-refractivity contribution is 5.79. The van der Waals surface area contributed by atoms with Gasteiger partial charge in [0.25, 0.3) is 0 Å². The maximum absolute atomic E-state index is 9.37. The largest absolute Gasteiger partial charge is 0.508 e. The second-order valence-corrected chi connectivity index (χ2v) is 10.7. The van der Waals surface area contributed by atoms with Gasteiger partial charge in [0.1, 0.15) is 11.5 Å². The third-order valence-corrected chi connectivity index (χ3v) is 6.99. The molecule has 1 N–H and O–H groups in total. The van der Waals surface area contributed by atoms with Gasteiger partial charge < -0.3 is 9.52 Å². The zero-order valence-corrected chi connectivity index (χ0v) is 25.7. The first-order valence-electron chi connectivity index (χ1n) is 15.3. The van der Waals surface area contributed by atoms with Gasteiger partial charge in [-0.3, -0.25) is 10.0 Å². The molecule has 6 aromatic rings. The van der Waals surface area contributed by atoms with Crippen LogP contribution in [0.3, 0.4) is 0 Å². The van der Waals surface area contributed by atoms with Crippen LogP contribution < -0.4 is 0 Å². The number of benzene rings is 5. The van der Waals surface area contributed by atoms with Crippen molar-refractivity contribution in [2.45, 2.75) is 26.2 Å². The molecule has 0 spiro atoms. The molecule has 0 saturated carbocycles. The van der Waals surface area contributed by atoms with Crippen LogP contribution in [-0.2, 0) is 26.2 Å². The minimum atomic E-state index is 0.262. The summed E-state index contributed by atoms with van der Waals surface area (Å²) in [6.07, 6.45) is 5.23. The van der Waals surface area contributed by atoms with Gasteiger partial charge >= 0.3 is 0 Å². The van der Waals surface area contributed by atoms with Crippen LogP contribution in [0.5, 0.6) is 5.75 Å². The Bertz CT molecular complexity index is 1640. The summed E-state index contributed by atoms with van der Waals surface area (Å²) in [5.74, 6) is 1.02. The monoisotopic (exact) mass is 606 g/mol. The molecule has 0 amide bonds. The van der Waals surface area contributed by atoms with Gasteiger partial charge in [-0.25, -0.2) is 0 Å². The molecule has 0 fully saturated rings. The molecule has 0 radical (unpaired) electrons. The second kappa shape index (κ2) is 17.4. The topological polar surface area (TPSA) is 64.6 Å². The molecule has 46 heavy (non-hydrogen) atoms. The summed E-state index contributed by atoms with van der Waals surface area (Å²) < 4.78 is 5.31. The van der Waals surface area contributed by atoms with Crippen molar-refractivity contribution in [1.29, 1.82) is 0 Å². The molecule has 6 rings (SSSR count). The molecular weight excluding hydrogens is 568 g/mol. The third-order valence-electron chi connectivity index (χ3n) is 6.99. The average molecular weight is 607 g/mol. The van der Waals surface area contributed by atoms with Crippen molar-refractivity contribution < 1.29 is 9.52 Å². The lowest BCUT2D eigenvalue weighted by molar-refractivity contribution is 0.272. The van der Waals surface area contributed by atoms with Gasteiger partial charge in [-0.2, -0.15) is 10.2 Å². The van der Waals surface area contributed by atoms with E-state index in [0.29, 0.717) is 0 Å². The lowest BCUT2D eigenvalue weighted by Crippen LogP contribution is -2.17. The van der Waals surface area contributed by atoms with Gasteiger partial charge in [0.05, 0.1) is 44.9 Å². The zero-order chi connectivity index (χ0) is 31.7. The van der Waals surface area contributed by atoms with Gasteiger partial charge in [-0.1, -0.05) is 121 Å². The van der Waals surface area contributed by atoms with Crippen LogP contribution in [0.15, 0.2) is 179 Å². The van der Waals surface area contributed by atoms with Crippen LogP contribution in [0.1, 0.15) is 33.6 Å². The van der Waals surface area contributed by atoms with Crippen molar-refractivity contribution in [2.24, 2.45) is 10.2 Å². The highest BCUT2D eigenvalue weighted by Gasteiger charge is 2.05. The van der Waals surface area contributed by atoms with Crippen molar-refractivity contribution in [3.63, 3.8) is 0 Å². The molecule has 6 nitrogen and oxygen atoms in total. The fourth-order valence-electron chi connectivity index (χ4n) is 4.66. The SMILES string of the molecule is C(=N/N(Cc1ccccc1)Cc1ccccc1)/c1ccco1.Oc1ccc(/C=N\N(Cc2ccccc2)Cc2ccccc2)cc1. The summed E-state index contributed by atoms with van der Waals surface area (Å²) in [7, 11) is 0. The Hall–Kier alpha value is -5.88. The fraction of sp³-hybridized carbons (Fsp3) is 0.100. The normalized spacial score (nSPS) is 10.9. The number of nitrogens with zero attached hydrogens (tertiary/aromatic N) is 4. The Labute approximate surface area is 271 Å². The van der Waals surface area contributed by atoms with Crippen LogP contribution >= 0.6 is 0 Å². The second-order valence-electron chi connectivity index (χ2n) is 10.7. The Morgan fingerprint density at radius 1 is 0.457 bits per heavy atom. The van der Waals surface area contributed by atoms with Gasteiger partial charge in [0.15, 0.2) is 0 Å². The van der Waals surface area contributed by atoms with Crippen molar-refractivity contribution in [2.75, 3.05) is 0 Å². The molecule has 0 unspecified atom stereocenters. The predicted octanol–water partition coefficient (Wildman–Crippen LogP) is 8.74. The molecular formula is C40H38N4O2. The smallest absolute Gasteiger partial charge is 0.146 e. The number of hydrazone groups is 2. The first kappa shape index (κ1) is 31.5. The van der Waals surface area contributed by atoms with E-state index in [1.165, 1.54) is 22.3 Å². The molecule has 0 aliphatic carbocycles. The summed E-state index contributed by atoms with van der Waals surface area (Å²) in [6.45, 7) is 2.99. The fourth-order valence-corrected chi connectivity index (χ4v) is 4.66. The van der Waals surface area contributed by atoms with Crippen molar-refractivity contribution in [3.05, 3.63) is 198 Å². The first-order valence-corrected chi connectivity index (χ1v) is 15.3. The van der Waals surface area contributed by atoms with E-state index in [4.69, 9.17) is 4.42 Å². The third kappa shape index (κ3) is 11.0. The van der Waals surface area contributed by atoms with Crippen molar-refractivity contribution in [3.8, 4) is 5.75 Å². The molecule has 0 atom stereocenters. The summed E-state index contributed by atoms with van der Waals surface area (Å²) in [4.78, 5) is 0. The number of furan rings is 1. The maximum Gasteiger partial charge on any atom is 0.146 e. The number of aromatic hydroxyl groups is 1. The number of hydrogen-bond donors (Lipinski definition) is 1. The molecule has 6 heteroatoms. The molecule has 1 heterocycles. The molecule has 0 aliphatic heterocycles. The number of phenols is 1. The average Bonchev–Trinajstić information content (AvgIpc) is 3.63. The molecule has 230 valence electrons. The Morgan fingerprint density at radius 2 is 0.848 bits per heavy atom. The van der Waals surface area contributed by atoms with Crippen LogP contribution in [-0.4, -0.2) is 27.6 Å². The van der Waals surface area contributed by atoms with Crippen LogP contribution in [0.4, 0.5) is 0 Å². The summed E-state index contributed by atoms with van der Waals surface area (Å²) in [5, 5.41) is 22.7. The highest BCUT2D eigenvalue weighted by atomic mass is 16.3. The van der Waals surface area contributed by atoms with E-state index in [-0.39, 0.29) is 5.75 Å². The van der Waals surface area contributed by atoms with Crippen molar-refractivity contribution in [1.82, 2.24) is 10.0 Å². The minimum Gasteiger partial charge on any atom is -0.508 e. The van der Waals surface area contributed by atoms with E-state index in [1.807, 2.05) is 113 Å². The lowest BCUT2D eigenvalue weighted by atomic mass is 10.2. The maximum atomic E-state index is 9.37. The summed E-state index contributed by atoms with van der Waals surface area (Å²) in [6, 6.07) is 52.1. The molecule has 0 saturated heterocycles. The minimum absolute atomic E-state index is 0.262. The van der Waals surface area contributed by atoms with Gasteiger partial charge in [-0.15, -0.1) is 0 Å². The van der Waals surface area contributed by atoms with Gasteiger partial charge in [0, 0.05) is 0 Å². The van der Waals surface area contributed by atoms with E-state index in [0.717, 1.165) is 37.5 Å². The molecule has 1 aromatic heterocycles. The Kier molecular flexibility index (Phi) is 11.9. The standard InChI is InChI=1S/C21H20N2O.C19H18N2O/c24-21-13-11-18(12-14-21)15-22-23(16-19-7-3-1-4-8-19)17-20-9-5-2-6-10-20;1-3-8-17(9-4-1)15-21(16-18-10-5-2-6-11-18)20-14-19-12-7-13-22-19/h1-15,24H,16-17H2;1-14H,15-16H2/b22-15-;20-14-. The van der Waals surface area contributed by atoms with Crippen molar-refractivity contribution >= 4 is 12.4 Å². The quantitative estimate of drug-likeness (QED) is 0.112.